The monoisotopic (exact) mass is 271 g/mol. The second-order valence-electron chi connectivity index (χ2n) is 4.42. The maximum atomic E-state index is 13.0. The molecule has 5 heteroatoms. The third-order valence-corrected chi connectivity index (χ3v) is 2.98. The number of nitrogens with zero attached hydrogens (tertiary/aromatic N) is 1. The molecule has 1 rings (SSSR count). The lowest BCUT2D eigenvalue weighted by Gasteiger charge is -2.22. The van der Waals surface area contributed by atoms with Gasteiger partial charge in [-0.1, -0.05) is 12.1 Å². The van der Waals surface area contributed by atoms with Gasteiger partial charge in [0.05, 0.1) is 19.3 Å². The molecule has 0 radical (unpaired) electrons. The molecule has 0 fully saturated rings. The van der Waals surface area contributed by atoms with Crippen LogP contribution in [0.5, 0.6) is 0 Å². The number of halogens is 1. The number of aliphatic hydroxyl groups is 2. The summed E-state index contributed by atoms with van der Waals surface area (Å²) in [6, 6.07) is 5.99. The van der Waals surface area contributed by atoms with Crippen molar-refractivity contribution in [2.24, 2.45) is 0 Å². The van der Waals surface area contributed by atoms with Crippen molar-refractivity contribution in [2.75, 3.05) is 40.0 Å². The summed E-state index contributed by atoms with van der Waals surface area (Å²) in [5.41, 5.74) is 0.579. The van der Waals surface area contributed by atoms with E-state index in [1.807, 2.05) is 4.90 Å². The molecule has 1 aromatic carbocycles. The van der Waals surface area contributed by atoms with Crippen LogP contribution in [0.1, 0.15) is 18.1 Å². The maximum Gasteiger partial charge on any atom is 0.123 e. The zero-order chi connectivity index (χ0) is 14.1. The second-order valence-corrected chi connectivity index (χ2v) is 4.42. The largest absolute Gasteiger partial charge is 0.395 e. The van der Waals surface area contributed by atoms with Gasteiger partial charge in [-0.3, -0.25) is 4.90 Å². The van der Waals surface area contributed by atoms with Crippen LogP contribution >= 0.6 is 0 Å². The Hall–Kier alpha value is -1.01. The van der Waals surface area contributed by atoms with Crippen LogP contribution in [-0.2, 0) is 4.74 Å². The predicted molar refractivity (Wildman–Crippen MR) is 71.4 cm³/mol. The van der Waals surface area contributed by atoms with E-state index in [0.717, 1.165) is 0 Å². The van der Waals surface area contributed by atoms with Gasteiger partial charge in [-0.05, 0) is 24.1 Å². The van der Waals surface area contributed by atoms with E-state index in [1.54, 1.807) is 19.2 Å². The van der Waals surface area contributed by atoms with E-state index in [1.165, 1.54) is 12.1 Å². The maximum absolute atomic E-state index is 13.0. The molecule has 1 aromatic rings. The van der Waals surface area contributed by atoms with Crippen molar-refractivity contribution in [3.05, 3.63) is 35.6 Å². The highest BCUT2D eigenvalue weighted by Gasteiger charge is 2.11. The molecule has 0 heterocycles. The van der Waals surface area contributed by atoms with Gasteiger partial charge in [0, 0.05) is 26.7 Å². The Morgan fingerprint density at radius 1 is 1.32 bits per heavy atom. The Morgan fingerprint density at radius 2 is 2.11 bits per heavy atom. The molecule has 0 aliphatic carbocycles. The Morgan fingerprint density at radius 3 is 2.74 bits per heavy atom. The lowest BCUT2D eigenvalue weighted by atomic mass is 10.1. The van der Waals surface area contributed by atoms with Gasteiger partial charge in [0.1, 0.15) is 5.82 Å². The van der Waals surface area contributed by atoms with Crippen molar-refractivity contribution in [2.45, 2.75) is 12.5 Å². The SMILES string of the molecule is COCCN(CCO)CCC(O)c1cccc(F)c1. The van der Waals surface area contributed by atoms with Crippen LogP contribution in [0.25, 0.3) is 0 Å². The summed E-state index contributed by atoms with van der Waals surface area (Å²) in [5.74, 6) is -0.344. The molecule has 0 spiro atoms. The van der Waals surface area contributed by atoms with E-state index in [-0.39, 0.29) is 12.4 Å². The third-order valence-electron chi connectivity index (χ3n) is 2.98. The van der Waals surface area contributed by atoms with Gasteiger partial charge >= 0.3 is 0 Å². The number of hydrogen-bond donors (Lipinski definition) is 2. The van der Waals surface area contributed by atoms with E-state index in [9.17, 15) is 9.50 Å². The van der Waals surface area contributed by atoms with Crippen LogP contribution in [0, 0.1) is 5.82 Å². The average Bonchev–Trinajstić information content (AvgIpc) is 2.41. The van der Waals surface area contributed by atoms with Gasteiger partial charge in [0.25, 0.3) is 0 Å². The Balaban J connectivity index is 2.44. The number of rotatable bonds is 9. The van der Waals surface area contributed by atoms with Crippen molar-refractivity contribution < 1.29 is 19.3 Å². The molecular formula is C14H22FNO3. The van der Waals surface area contributed by atoms with E-state index < -0.39 is 6.10 Å². The first-order valence-electron chi connectivity index (χ1n) is 6.43. The highest BCUT2D eigenvalue weighted by molar-refractivity contribution is 5.18. The number of hydrogen-bond acceptors (Lipinski definition) is 4. The molecule has 108 valence electrons. The first-order chi connectivity index (χ1) is 9.17. The summed E-state index contributed by atoms with van der Waals surface area (Å²) in [6.07, 6.45) is -0.202. The van der Waals surface area contributed by atoms with Gasteiger partial charge in [-0.15, -0.1) is 0 Å². The minimum Gasteiger partial charge on any atom is -0.395 e. The van der Waals surface area contributed by atoms with E-state index in [2.05, 4.69) is 0 Å². The number of aliphatic hydroxyl groups excluding tert-OH is 2. The normalized spacial score (nSPS) is 12.9. The van der Waals surface area contributed by atoms with Crippen molar-refractivity contribution in [1.82, 2.24) is 4.90 Å². The van der Waals surface area contributed by atoms with E-state index in [0.29, 0.717) is 38.2 Å². The van der Waals surface area contributed by atoms with Crippen LogP contribution in [0.3, 0.4) is 0 Å². The summed E-state index contributed by atoms with van der Waals surface area (Å²) < 4.78 is 18.0. The van der Waals surface area contributed by atoms with Gasteiger partial charge in [0.2, 0.25) is 0 Å². The molecule has 0 amide bonds. The summed E-state index contributed by atoms with van der Waals surface area (Å²) in [4.78, 5) is 2.01. The van der Waals surface area contributed by atoms with Crippen LogP contribution in [0.4, 0.5) is 4.39 Å². The zero-order valence-corrected chi connectivity index (χ0v) is 11.3. The lowest BCUT2D eigenvalue weighted by molar-refractivity contribution is 0.105. The van der Waals surface area contributed by atoms with E-state index in [4.69, 9.17) is 9.84 Å². The molecule has 0 saturated carbocycles. The molecule has 0 aliphatic heterocycles. The first kappa shape index (κ1) is 16.0. The molecule has 19 heavy (non-hydrogen) atoms. The highest BCUT2D eigenvalue weighted by Crippen LogP contribution is 2.17. The van der Waals surface area contributed by atoms with Crippen molar-refractivity contribution in [3.8, 4) is 0 Å². The topological polar surface area (TPSA) is 52.9 Å². The fourth-order valence-corrected chi connectivity index (χ4v) is 1.88. The summed E-state index contributed by atoms with van der Waals surface area (Å²) in [6.45, 7) is 2.52. The smallest absolute Gasteiger partial charge is 0.123 e. The highest BCUT2D eigenvalue weighted by atomic mass is 19.1. The number of ether oxygens (including phenoxy) is 1. The molecule has 0 aliphatic rings. The standard InChI is InChI=1S/C14H22FNO3/c1-19-10-8-16(7-9-17)6-5-14(18)12-3-2-4-13(15)11-12/h2-4,11,14,17-18H,5-10H2,1H3. The van der Waals surface area contributed by atoms with E-state index >= 15 is 0 Å². The van der Waals surface area contributed by atoms with Gasteiger partial charge in [0.15, 0.2) is 0 Å². The number of benzene rings is 1. The van der Waals surface area contributed by atoms with Crippen LogP contribution < -0.4 is 0 Å². The third kappa shape index (κ3) is 6.11. The van der Waals surface area contributed by atoms with Crippen LogP contribution in [-0.4, -0.2) is 55.1 Å². The number of methoxy groups -OCH3 is 1. The van der Waals surface area contributed by atoms with Gasteiger partial charge < -0.3 is 14.9 Å². The fourth-order valence-electron chi connectivity index (χ4n) is 1.88. The van der Waals surface area contributed by atoms with Gasteiger partial charge in [-0.25, -0.2) is 4.39 Å². The first-order valence-corrected chi connectivity index (χ1v) is 6.43. The van der Waals surface area contributed by atoms with Crippen molar-refractivity contribution in [3.63, 3.8) is 0 Å². The Bertz CT molecular complexity index is 362. The zero-order valence-electron chi connectivity index (χ0n) is 11.3. The fraction of sp³-hybridized carbons (Fsp3) is 0.571. The summed E-state index contributed by atoms with van der Waals surface area (Å²) in [7, 11) is 1.62. The molecule has 0 saturated heterocycles. The van der Waals surface area contributed by atoms with Crippen molar-refractivity contribution in [1.29, 1.82) is 0 Å². The molecule has 0 aromatic heterocycles. The molecule has 2 N–H and O–H groups in total. The second kappa shape index (κ2) is 8.98. The minimum absolute atomic E-state index is 0.0692. The molecule has 1 unspecified atom stereocenters. The van der Waals surface area contributed by atoms with Crippen LogP contribution in [0.2, 0.25) is 0 Å². The lowest BCUT2D eigenvalue weighted by Crippen LogP contribution is -2.32. The Labute approximate surface area is 113 Å². The Kier molecular flexibility index (Phi) is 7.59. The average molecular weight is 271 g/mol. The quantitative estimate of drug-likeness (QED) is 0.708. The van der Waals surface area contributed by atoms with Crippen molar-refractivity contribution >= 4 is 0 Å². The van der Waals surface area contributed by atoms with Crippen LogP contribution in [0.15, 0.2) is 24.3 Å². The molecule has 1 atom stereocenters. The van der Waals surface area contributed by atoms with Gasteiger partial charge in [-0.2, -0.15) is 0 Å². The molecule has 4 nitrogen and oxygen atoms in total. The minimum atomic E-state index is -0.695. The summed E-state index contributed by atoms with van der Waals surface area (Å²) in [5, 5.41) is 19.0. The predicted octanol–water partition coefficient (Wildman–Crippen LogP) is 1.19. The molecular weight excluding hydrogens is 249 g/mol. The molecule has 0 bridgehead atoms. The summed E-state index contributed by atoms with van der Waals surface area (Å²) >= 11 is 0.